The summed E-state index contributed by atoms with van der Waals surface area (Å²) >= 11 is 0. The zero-order valence-corrected chi connectivity index (χ0v) is 13.6. The Hall–Kier alpha value is -1.59. The van der Waals surface area contributed by atoms with Crippen LogP contribution in [0.5, 0.6) is 0 Å². The molecule has 0 amide bonds. The molecule has 0 atom stereocenters. The minimum atomic E-state index is -1.20. The Bertz CT molecular complexity index is 453. The summed E-state index contributed by atoms with van der Waals surface area (Å²) in [6.45, 7) is 7.09. The maximum absolute atomic E-state index is 12.1. The molecular weight excluding hydrogens is 288 g/mol. The lowest BCUT2D eigenvalue weighted by atomic mass is 9.68. The van der Waals surface area contributed by atoms with Crippen molar-refractivity contribution in [2.75, 3.05) is 6.61 Å². The van der Waals surface area contributed by atoms with Crippen LogP contribution in [0, 0.1) is 17.3 Å². The van der Waals surface area contributed by atoms with Crippen molar-refractivity contribution >= 4 is 17.9 Å². The highest BCUT2D eigenvalue weighted by Gasteiger charge is 2.50. The van der Waals surface area contributed by atoms with Crippen molar-refractivity contribution in [3.05, 3.63) is 0 Å². The predicted molar refractivity (Wildman–Crippen MR) is 76.5 cm³/mol. The number of hydrogen-bond donors (Lipinski definition) is 0. The molecule has 6 nitrogen and oxygen atoms in total. The van der Waals surface area contributed by atoms with Crippen LogP contribution in [0.3, 0.4) is 0 Å². The summed E-state index contributed by atoms with van der Waals surface area (Å²) in [5.74, 6) is -3.46. The van der Waals surface area contributed by atoms with Crippen LogP contribution >= 0.6 is 0 Å². The maximum atomic E-state index is 12.1. The van der Waals surface area contributed by atoms with Crippen molar-refractivity contribution in [3.8, 4) is 0 Å². The molecule has 0 N–H and O–H groups in total. The molecule has 22 heavy (non-hydrogen) atoms. The Morgan fingerprint density at radius 2 is 1.64 bits per heavy atom. The van der Waals surface area contributed by atoms with E-state index in [4.69, 9.17) is 14.2 Å². The van der Waals surface area contributed by atoms with E-state index < -0.39 is 29.1 Å². The molecule has 0 unspecified atom stereocenters. The van der Waals surface area contributed by atoms with Crippen molar-refractivity contribution in [2.45, 2.75) is 59.2 Å². The monoisotopic (exact) mass is 312 g/mol. The molecule has 6 heteroatoms. The lowest BCUT2D eigenvalue weighted by Crippen LogP contribution is -2.50. The largest absolute Gasteiger partial charge is 0.466 e. The van der Waals surface area contributed by atoms with E-state index >= 15 is 0 Å². The third kappa shape index (κ3) is 3.25. The van der Waals surface area contributed by atoms with Gasteiger partial charge in [-0.15, -0.1) is 0 Å². The second-order valence-electron chi connectivity index (χ2n) is 6.84. The van der Waals surface area contributed by atoms with Gasteiger partial charge in [-0.2, -0.15) is 0 Å². The third-order valence-corrected chi connectivity index (χ3v) is 4.57. The van der Waals surface area contributed by atoms with Gasteiger partial charge >= 0.3 is 17.9 Å². The normalized spacial score (nSPS) is 32.1. The highest BCUT2D eigenvalue weighted by Crippen LogP contribution is 2.44. The molecule has 2 fully saturated rings. The molecule has 0 aromatic heterocycles. The number of carbonyl (C=O) groups is 3. The number of carbonyl (C=O) groups excluding carboxylic acids is 3. The molecule has 1 saturated carbocycles. The van der Waals surface area contributed by atoms with Gasteiger partial charge in [0.15, 0.2) is 5.92 Å². The molecule has 0 radical (unpaired) electrons. The molecule has 1 heterocycles. The number of rotatable bonds is 3. The standard InChI is InChI=1S/C16H24O6/c1-5-20-14(19)16(4)8-6-10(7-9-16)11-12(17)21-15(2,3)22-13(11)18/h10-11H,5-9H2,1-4H3. The second kappa shape index (κ2) is 5.89. The summed E-state index contributed by atoms with van der Waals surface area (Å²) in [7, 11) is 0. The van der Waals surface area contributed by atoms with Gasteiger partial charge in [-0.25, -0.2) is 0 Å². The van der Waals surface area contributed by atoms with Gasteiger partial charge in [0.1, 0.15) is 0 Å². The van der Waals surface area contributed by atoms with E-state index in [9.17, 15) is 14.4 Å². The first-order valence-corrected chi connectivity index (χ1v) is 7.81. The van der Waals surface area contributed by atoms with E-state index in [0.29, 0.717) is 32.3 Å². The molecule has 124 valence electrons. The lowest BCUT2D eigenvalue weighted by Gasteiger charge is -2.40. The van der Waals surface area contributed by atoms with E-state index in [1.807, 2.05) is 6.92 Å². The summed E-state index contributed by atoms with van der Waals surface area (Å²) in [5.41, 5.74) is -0.533. The first-order valence-electron chi connectivity index (χ1n) is 7.81. The van der Waals surface area contributed by atoms with E-state index in [1.54, 1.807) is 6.92 Å². The van der Waals surface area contributed by atoms with Gasteiger partial charge in [0.05, 0.1) is 12.0 Å². The lowest BCUT2D eigenvalue weighted by molar-refractivity contribution is -0.243. The van der Waals surface area contributed by atoms with Gasteiger partial charge < -0.3 is 14.2 Å². The summed E-state index contributed by atoms with van der Waals surface area (Å²) in [4.78, 5) is 36.2. The van der Waals surface area contributed by atoms with E-state index in [-0.39, 0.29) is 11.9 Å². The molecular formula is C16H24O6. The topological polar surface area (TPSA) is 78.9 Å². The Kier molecular flexibility index (Phi) is 4.49. The van der Waals surface area contributed by atoms with Crippen LogP contribution in [0.25, 0.3) is 0 Å². The van der Waals surface area contributed by atoms with Gasteiger partial charge in [-0.3, -0.25) is 14.4 Å². The van der Waals surface area contributed by atoms with Crippen LogP contribution in [-0.4, -0.2) is 30.3 Å². The predicted octanol–water partition coefficient (Wildman–Crippen LogP) is 2.20. The fourth-order valence-electron chi connectivity index (χ4n) is 3.23. The van der Waals surface area contributed by atoms with Gasteiger partial charge in [-0.1, -0.05) is 0 Å². The maximum Gasteiger partial charge on any atom is 0.323 e. The summed E-state index contributed by atoms with van der Waals surface area (Å²) in [6, 6.07) is 0. The van der Waals surface area contributed by atoms with Gasteiger partial charge in [0.25, 0.3) is 5.79 Å². The van der Waals surface area contributed by atoms with Crippen molar-refractivity contribution < 1.29 is 28.6 Å². The van der Waals surface area contributed by atoms with Crippen LogP contribution in [0.1, 0.15) is 53.4 Å². The molecule has 1 aliphatic heterocycles. The molecule has 0 aromatic rings. The Labute approximate surface area is 130 Å². The Morgan fingerprint density at radius 1 is 1.14 bits per heavy atom. The fraction of sp³-hybridized carbons (Fsp3) is 0.812. The minimum absolute atomic E-state index is 0.140. The quantitative estimate of drug-likeness (QED) is 0.587. The molecule has 0 spiro atoms. The van der Waals surface area contributed by atoms with Crippen molar-refractivity contribution in [2.24, 2.45) is 17.3 Å². The van der Waals surface area contributed by atoms with E-state index in [0.717, 1.165) is 0 Å². The highest BCUT2D eigenvalue weighted by molar-refractivity contribution is 5.97. The summed E-state index contributed by atoms with van der Waals surface area (Å²) in [6.07, 6.45) is 2.39. The number of esters is 3. The van der Waals surface area contributed by atoms with Gasteiger partial charge in [0.2, 0.25) is 0 Å². The summed E-state index contributed by atoms with van der Waals surface area (Å²) < 4.78 is 15.5. The van der Waals surface area contributed by atoms with Crippen molar-refractivity contribution in [1.29, 1.82) is 0 Å². The number of hydrogen-bond acceptors (Lipinski definition) is 6. The van der Waals surface area contributed by atoms with Crippen LogP contribution in [0.4, 0.5) is 0 Å². The molecule has 1 saturated heterocycles. The molecule has 0 aromatic carbocycles. The zero-order valence-electron chi connectivity index (χ0n) is 13.6. The van der Waals surface area contributed by atoms with Crippen LogP contribution in [0.2, 0.25) is 0 Å². The Morgan fingerprint density at radius 3 is 2.09 bits per heavy atom. The van der Waals surface area contributed by atoms with Crippen LogP contribution in [-0.2, 0) is 28.6 Å². The average Bonchev–Trinajstić information content (AvgIpc) is 2.39. The molecule has 0 bridgehead atoms. The molecule has 2 rings (SSSR count). The number of ether oxygens (including phenoxy) is 3. The zero-order chi connectivity index (χ0) is 16.5. The van der Waals surface area contributed by atoms with Crippen molar-refractivity contribution in [1.82, 2.24) is 0 Å². The second-order valence-corrected chi connectivity index (χ2v) is 6.84. The van der Waals surface area contributed by atoms with Gasteiger partial charge in [0, 0.05) is 13.8 Å². The van der Waals surface area contributed by atoms with E-state index in [2.05, 4.69) is 0 Å². The Balaban J connectivity index is 2.01. The fourth-order valence-corrected chi connectivity index (χ4v) is 3.23. The molecule has 2 aliphatic rings. The molecule has 1 aliphatic carbocycles. The smallest absolute Gasteiger partial charge is 0.323 e. The summed E-state index contributed by atoms with van der Waals surface area (Å²) in [5, 5.41) is 0. The highest BCUT2D eigenvalue weighted by atomic mass is 16.7. The van der Waals surface area contributed by atoms with Gasteiger partial charge in [-0.05, 0) is 45.4 Å². The van der Waals surface area contributed by atoms with E-state index in [1.165, 1.54) is 13.8 Å². The van der Waals surface area contributed by atoms with Crippen LogP contribution < -0.4 is 0 Å². The minimum Gasteiger partial charge on any atom is -0.466 e. The van der Waals surface area contributed by atoms with Crippen LogP contribution in [0.15, 0.2) is 0 Å². The first-order chi connectivity index (χ1) is 10.2. The van der Waals surface area contributed by atoms with Crippen molar-refractivity contribution in [3.63, 3.8) is 0 Å². The number of cyclic esters (lactones) is 2. The first kappa shape index (κ1) is 16.8. The SMILES string of the molecule is CCOC(=O)C1(C)CCC(C2C(=O)OC(C)(C)OC2=O)CC1. The average molecular weight is 312 g/mol. The third-order valence-electron chi connectivity index (χ3n) is 4.57.